The molecule has 8 heteroatoms. The first kappa shape index (κ1) is 20.1. The van der Waals surface area contributed by atoms with E-state index >= 15 is 0 Å². The first-order chi connectivity index (χ1) is 14.2. The zero-order valence-corrected chi connectivity index (χ0v) is 18.3. The van der Waals surface area contributed by atoms with Crippen LogP contribution < -0.4 is 4.74 Å². The lowest BCUT2D eigenvalue weighted by molar-refractivity contribution is -0.129. The topological polar surface area (TPSA) is 68.2 Å². The van der Waals surface area contributed by atoms with Crippen LogP contribution in [-0.2, 0) is 4.79 Å². The third-order valence-corrected chi connectivity index (χ3v) is 7.38. The Morgan fingerprint density at radius 1 is 1.21 bits per heavy atom. The Bertz CT molecular complexity index is 984. The van der Waals surface area contributed by atoms with Crippen molar-refractivity contribution in [2.75, 3.05) is 19.9 Å². The monoisotopic (exact) mass is 428 g/mol. The molecule has 29 heavy (non-hydrogen) atoms. The number of thioether (sulfide) groups is 1. The van der Waals surface area contributed by atoms with Crippen molar-refractivity contribution in [3.8, 4) is 17.0 Å². The fourth-order valence-electron chi connectivity index (χ4n) is 3.69. The lowest BCUT2D eigenvalue weighted by Crippen LogP contribution is -2.39. The summed E-state index contributed by atoms with van der Waals surface area (Å²) in [5.41, 5.74) is 2.65. The van der Waals surface area contributed by atoms with Crippen LogP contribution in [0.15, 0.2) is 35.6 Å². The summed E-state index contributed by atoms with van der Waals surface area (Å²) >= 11 is 2.85. The molecule has 0 radical (unpaired) electrons. The van der Waals surface area contributed by atoms with Gasteiger partial charge in [0.1, 0.15) is 33.0 Å². The lowest BCUT2D eigenvalue weighted by Gasteiger charge is -2.31. The van der Waals surface area contributed by atoms with E-state index in [2.05, 4.69) is 14.3 Å². The van der Waals surface area contributed by atoms with Crippen LogP contribution >= 0.6 is 23.3 Å². The van der Waals surface area contributed by atoms with Gasteiger partial charge in [-0.25, -0.2) is 9.97 Å². The zero-order chi connectivity index (χ0) is 20.2. The number of carbonyl (C=O) groups is 1. The van der Waals surface area contributed by atoms with Crippen molar-refractivity contribution in [1.29, 1.82) is 0 Å². The van der Waals surface area contributed by atoms with Gasteiger partial charge in [-0.15, -0.1) is 0 Å². The van der Waals surface area contributed by atoms with Crippen LogP contribution in [0.1, 0.15) is 32.1 Å². The molecule has 0 atom stereocenters. The number of rotatable bonds is 6. The average Bonchev–Trinajstić information content (AvgIpc) is 3.22. The minimum Gasteiger partial charge on any atom is -0.497 e. The van der Waals surface area contributed by atoms with Crippen molar-refractivity contribution in [3.63, 3.8) is 0 Å². The number of aromatic nitrogens is 3. The molecule has 0 aliphatic heterocycles. The number of fused-ring (bicyclic) bond motifs is 1. The third kappa shape index (κ3) is 4.38. The van der Waals surface area contributed by atoms with E-state index in [0.717, 1.165) is 45.1 Å². The average molecular weight is 429 g/mol. The maximum atomic E-state index is 12.7. The number of methoxy groups -OCH3 is 1. The smallest absolute Gasteiger partial charge is 0.232 e. The first-order valence-corrected chi connectivity index (χ1v) is 11.6. The molecule has 152 valence electrons. The predicted octanol–water partition coefficient (Wildman–Crippen LogP) is 4.65. The Labute approximate surface area is 178 Å². The summed E-state index contributed by atoms with van der Waals surface area (Å²) in [6.07, 6.45) is 7.51. The van der Waals surface area contributed by atoms with Gasteiger partial charge in [-0.3, -0.25) is 4.79 Å². The van der Waals surface area contributed by atoms with Gasteiger partial charge in [0.25, 0.3) is 0 Å². The Morgan fingerprint density at radius 3 is 2.69 bits per heavy atom. The molecule has 2 aromatic heterocycles. The Hall–Kier alpha value is -2.19. The molecule has 1 fully saturated rings. The van der Waals surface area contributed by atoms with E-state index < -0.39 is 0 Å². The van der Waals surface area contributed by atoms with E-state index in [9.17, 15) is 4.79 Å². The number of hydrogen-bond acceptors (Lipinski definition) is 7. The molecule has 4 rings (SSSR count). The SMILES string of the molecule is COc1ccc(-c2nsc3c(SCC(=O)N(C)C4CCCCC4)ncnc23)cc1. The van der Waals surface area contributed by atoms with Gasteiger partial charge in [0.15, 0.2) is 0 Å². The number of hydrogen-bond donors (Lipinski definition) is 0. The Kier molecular flexibility index (Phi) is 6.30. The zero-order valence-electron chi connectivity index (χ0n) is 16.6. The molecule has 2 heterocycles. The van der Waals surface area contributed by atoms with Gasteiger partial charge < -0.3 is 9.64 Å². The van der Waals surface area contributed by atoms with E-state index in [1.54, 1.807) is 13.4 Å². The normalized spacial score (nSPS) is 14.8. The number of amides is 1. The molecule has 1 amide bonds. The first-order valence-electron chi connectivity index (χ1n) is 9.80. The highest BCUT2D eigenvalue weighted by atomic mass is 32.2. The molecule has 1 aromatic carbocycles. The maximum Gasteiger partial charge on any atom is 0.232 e. The second-order valence-electron chi connectivity index (χ2n) is 7.20. The molecule has 0 saturated heterocycles. The highest BCUT2D eigenvalue weighted by molar-refractivity contribution is 8.00. The summed E-state index contributed by atoms with van der Waals surface area (Å²) in [5, 5.41) is 0.817. The minimum absolute atomic E-state index is 0.161. The highest BCUT2D eigenvalue weighted by Gasteiger charge is 2.23. The van der Waals surface area contributed by atoms with Gasteiger partial charge in [-0.2, -0.15) is 4.37 Å². The van der Waals surface area contributed by atoms with Gasteiger partial charge in [-0.1, -0.05) is 31.0 Å². The van der Waals surface area contributed by atoms with E-state index in [0.29, 0.717) is 11.8 Å². The highest BCUT2D eigenvalue weighted by Crippen LogP contribution is 2.35. The van der Waals surface area contributed by atoms with Gasteiger partial charge in [0.05, 0.1) is 12.9 Å². The fourth-order valence-corrected chi connectivity index (χ4v) is 5.53. The third-order valence-electron chi connectivity index (χ3n) is 5.44. The molecular weight excluding hydrogens is 404 g/mol. The van der Waals surface area contributed by atoms with Crippen LogP contribution in [0.5, 0.6) is 5.75 Å². The summed E-state index contributed by atoms with van der Waals surface area (Å²) in [7, 11) is 3.58. The molecule has 1 aliphatic carbocycles. The molecule has 0 unspecified atom stereocenters. The van der Waals surface area contributed by atoms with Crippen molar-refractivity contribution >= 4 is 39.4 Å². The molecular formula is C21H24N4O2S2. The van der Waals surface area contributed by atoms with Crippen LogP contribution in [0.4, 0.5) is 0 Å². The number of benzene rings is 1. The second kappa shape index (κ2) is 9.09. The Balaban J connectivity index is 1.49. The predicted molar refractivity (Wildman–Crippen MR) is 118 cm³/mol. The van der Waals surface area contributed by atoms with Crippen molar-refractivity contribution in [1.82, 2.24) is 19.2 Å². The fraction of sp³-hybridized carbons (Fsp3) is 0.429. The van der Waals surface area contributed by atoms with E-state index in [1.165, 1.54) is 42.6 Å². The number of carbonyl (C=O) groups excluding carboxylic acids is 1. The second-order valence-corrected chi connectivity index (χ2v) is 8.94. The standard InChI is InChI=1S/C21H24N4O2S2/c1-25(15-6-4-3-5-7-15)17(26)12-28-21-20-19(22-13-23-21)18(24-29-20)14-8-10-16(27-2)11-9-14/h8-11,13,15H,3-7,12H2,1-2H3. The van der Waals surface area contributed by atoms with Gasteiger partial charge in [0, 0.05) is 18.7 Å². The summed E-state index contributed by atoms with van der Waals surface area (Å²) in [5.74, 6) is 1.35. The van der Waals surface area contributed by atoms with Gasteiger partial charge in [0.2, 0.25) is 5.91 Å². The van der Waals surface area contributed by atoms with Crippen LogP contribution in [-0.4, -0.2) is 51.1 Å². The van der Waals surface area contributed by atoms with Crippen molar-refractivity contribution in [3.05, 3.63) is 30.6 Å². The van der Waals surface area contributed by atoms with Crippen LogP contribution in [0, 0.1) is 0 Å². The van der Waals surface area contributed by atoms with Crippen molar-refractivity contribution in [2.24, 2.45) is 0 Å². The molecule has 1 saturated carbocycles. The molecule has 0 spiro atoms. The largest absolute Gasteiger partial charge is 0.497 e. The molecule has 1 aliphatic rings. The summed E-state index contributed by atoms with van der Waals surface area (Å²) < 4.78 is 10.8. The van der Waals surface area contributed by atoms with Crippen LogP contribution in [0.2, 0.25) is 0 Å². The quantitative estimate of drug-likeness (QED) is 0.421. The van der Waals surface area contributed by atoms with Gasteiger partial charge >= 0.3 is 0 Å². The molecule has 0 N–H and O–H groups in total. The summed E-state index contributed by atoms with van der Waals surface area (Å²) in [6, 6.07) is 8.16. The molecule has 6 nitrogen and oxygen atoms in total. The van der Waals surface area contributed by atoms with Crippen LogP contribution in [0.3, 0.4) is 0 Å². The molecule has 3 aromatic rings. The minimum atomic E-state index is 0.161. The van der Waals surface area contributed by atoms with E-state index in [4.69, 9.17) is 4.74 Å². The molecule has 0 bridgehead atoms. The maximum absolute atomic E-state index is 12.7. The van der Waals surface area contributed by atoms with Crippen molar-refractivity contribution in [2.45, 2.75) is 43.2 Å². The summed E-state index contributed by atoms with van der Waals surface area (Å²) in [6.45, 7) is 0. The summed E-state index contributed by atoms with van der Waals surface area (Å²) in [4.78, 5) is 23.5. The van der Waals surface area contributed by atoms with E-state index in [-0.39, 0.29) is 5.91 Å². The Morgan fingerprint density at radius 2 is 1.97 bits per heavy atom. The van der Waals surface area contributed by atoms with Crippen molar-refractivity contribution < 1.29 is 9.53 Å². The number of ether oxygens (including phenoxy) is 1. The number of nitrogens with zero attached hydrogens (tertiary/aromatic N) is 4. The van der Waals surface area contributed by atoms with Crippen LogP contribution in [0.25, 0.3) is 21.5 Å². The lowest BCUT2D eigenvalue weighted by atomic mass is 9.94. The van der Waals surface area contributed by atoms with Gasteiger partial charge in [-0.05, 0) is 48.6 Å². The van der Waals surface area contributed by atoms with E-state index in [1.807, 2.05) is 36.2 Å².